The molecule has 1 aromatic heterocycles. The van der Waals surface area contributed by atoms with E-state index < -0.39 is 9.84 Å². The summed E-state index contributed by atoms with van der Waals surface area (Å²) in [6.45, 7) is 2.76. The van der Waals surface area contributed by atoms with Crippen LogP contribution in [-0.2, 0) is 16.3 Å². The predicted molar refractivity (Wildman–Crippen MR) is 83.7 cm³/mol. The molecule has 0 aromatic carbocycles. The van der Waals surface area contributed by atoms with Crippen molar-refractivity contribution in [1.82, 2.24) is 9.88 Å². The maximum atomic E-state index is 11.7. The number of thiazole rings is 1. The maximum absolute atomic E-state index is 11.7. The van der Waals surface area contributed by atoms with E-state index in [1.54, 1.807) is 23.1 Å². The highest BCUT2D eigenvalue weighted by Gasteiger charge is 2.47. The number of hydrogen-bond acceptors (Lipinski definition) is 6. The summed E-state index contributed by atoms with van der Waals surface area (Å²) in [4.78, 5) is 6.52. The number of thioether (sulfide) groups is 1. The zero-order chi connectivity index (χ0) is 13.6. The summed E-state index contributed by atoms with van der Waals surface area (Å²) in [5.74, 6) is 0.525. The van der Waals surface area contributed by atoms with E-state index in [0.717, 1.165) is 28.0 Å². The fourth-order valence-electron chi connectivity index (χ4n) is 2.52. The molecule has 2 saturated heterocycles. The Morgan fingerprint density at radius 1 is 1.53 bits per heavy atom. The second-order valence-electron chi connectivity index (χ2n) is 4.89. The largest absolute Gasteiger partial charge is 0.352 e. The highest BCUT2D eigenvalue weighted by Crippen LogP contribution is 2.38. The van der Waals surface area contributed by atoms with Crippen LogP contribution in [0.2, 0.25) is 0 Å². The van der Waals surface area contributed by atoms with Crippen molar-refractivity contribution >= 4 is 49.5 Å². The van der Waals surface area contributed by atoms with Crippen molar-refractivity contribution < 1.29 is 8.42 Å². The van der Waals surface area contributed by atoms with E-state index in [-0.39, 0.29) is 22.8 Å². The first-order valence-electron chi connectivity index (χ1n) is 6.03. The van der Waals surface area contributed by atoms with Gasteiger partial charge in [0.2, 0.25) is 0 Å². The Kier molecular flexibility index (Phi) is 3.61. The summed E-state index contributed by atoms with van der Waals surface area (Å²) in [7, 11) is -2.88. The van der Waals surface area contributed by atoms with Gasteiger partial charge in [0.1, 0.15) is 4.32 Å². The van der Waals surface area contributed by atoms with Crippen molar-refractivity contribution in [2.45, 2.75) is 24.6 Å². The van der Waals surface area contributed by atoms with Gasteiger partial charge >= 0.3 is 0 Å². The number of sulfone groups is 1. The van der Waals surface area contributed by atoms with Crippen molar-refractivity contribution in [3.8, 4) is 0 Å². The third-order valence-corrected chi connectivity index (χ3v) is 8.09. The molecular weight excluding hydrogens is 320 g/mol. The maximum Gasteiger partial charge on any atom is 0.153 e. The molecule has 0 N–H and O–H groups in total. The van der Waals surface area contributed by atoms with Gasteiger partial charge in [-0.3, -0.25) is 0 Å². The number of aryl methyl sites for hydroxylation is 1. The van der Waals surface area contributed by atoms with Crippen molar-refractivity contribution in [2.24, 2.45) is 0 Å². The molecule has 8 heteroatoms. The van der Waals surface area contributed by atoms with Gasteiger partial charge in [-0.05, 0) is 6.92 Å². The molecule has 0 radical (unpaired) electrons. The van der Waals surface area contributed by atoms with Gasteiger partial charge in [-0.1, -0.05) is 24.0 Å². The number of hydrogen-bond donors (Lipinski definition) is 0. The zero-order valence-corrected chi connectivity index (χ0v) is 13.7. The number of fused-ring (bicyclic) bond motifs is 1. The first-order valence-corrected chi connectivity index (χ1v) is 10.0. The van der Waals surface area contributed by atoms with E-state index >= 15 is 0 Å². The Bertz CT molecular complexity index is 610. The molecule has 2 aliphatic rings. The van der Waals surface area contributed by atoms with Gasteiger partial charge in [0.15, 0.2) is 9.84 Å². The Labute approximate surface area is 126 Å². The Hall–Kier alpha value is -0.180. The molecule has 3 rings (SSSR count). The van der Waals surface area contributed by atoms with E-state index in [0.29, 0.717) is 0 Å². The number of rotatable bonds is 3. The fraction of sp³-hybridized carbons (Fsp3) is 0.636. The molecule has 2 aliphatic heterocycles. The normalized spacial score (nSPS) is 28.9. The highest BCUT2D eigenvalue weighted by atomic mass is 32.2. The van der Waals surface area contributed by atoms with Crippen LogP contribution in [0.4, 0.5) is 0 Å². The lowest BCUT2D eigenvalue weighted by atomic mass is 10.2. The number of thiocarbonyl (C=S) groups is 1. The van der Waals surface area contributed by atoms with Gasteiger partial charge < -0.3 is 4.90 Å². The monoisotopic (exact) mass is 334 g/mol. The third-order valence-electron chi connectivity index (χ3n) is 3.39. The topological polar surface area (TPSA) is 50.3 Å². The van der Waals surface area contributed by atoms with E-state index in [4.69, 9.17) is 12.2 Å². The van der Waals surface area contributed by atoms with Crippen LogP contribution in [-0.4, -0.2) is 52.0 Å². The summed E-state index contributed by atoms with van der Waals surface area (Å²) in [5, 5.41) is 3.26. The Morgan fingerprint density at radius 2 is 2.32 bits per heavy atom. The minimum absolute atomic E-state index is 0.0727. The van der Waals surface area contributed by atoms with Gasteiger partial charge in [-0.2, -0.15) is 0 Å². The van der Waals surface area contributed by atoms with Gasteiger partial charge in [-0.15, -0.1) is 11.3 Å². The van der Waals surface area contributed by atoms with Crippen molar-refractivity contribution in [1.29, 1.82) is 0 Å². The van der Waals surface area contributed by atoms with E-state index in [1.165, 1.54) is 0 Å². The highest BCUT2D eigenvalue weighted by molar-refractivity contribution is 8.24. The molecule has 0 spiro atoms. The van der Waals surface area contributed by atoms with Gasteiger partial charge in [0, 0.05) is 29.3 Å². The summed E-state index contributed by atoms with van der Waals surface area (Å²) in [6.07, 6.45) is 0.836. The minimum Gasteiger partial charge on any atom is -0.352 e. The van der Waals surface area contributed by atoms with Crippen molar-refractivity contribution in [3.63, 3.8) is 0 Å². The molecule has 0 unspecified atom stereocenters. The smallest absolute Gasteiger partial charge is 0.153 e. The zero-order valence-electron chi connectivity index (χ0n) is 10.4. The molecule has 3 heterocycles. The lowest BCUT2D eigenvalue weighted by molar-refractivity contribution is 0.365. The average molecular weight is 335 g/mol. The molecule has 104 valence electrons. The van der Waals surface area contributed by atoms with E-state index in [1.807, 2.05) is 12.3 Å². The molecule has 2 fully saturated rings. The van der Waals surface area contributed by atoms with E-state index in [2.05, 4.69) is 9.88 Å². The van der Waals surface area contributed by atoms with Crippen LogP contribution < -0.4 is 0 Å². The third kappa shape index (κ3) is 2.81. The number of aromatic nitrogens is 1. The molecule has 0 aliphatic carbocycles. The minimum atomic E-state index is -2.88. The van der Waals surface area contributed by atoms with Crippen LogP contribution >= 0.6 is 35.3 Å². The first-order chi connectivity index (χ1) is 8.94. The molecule has 0 bridgehead atoms. The molecular formula is C11H14N2O2S4. The Balaban J connectivity index is 1.68. The van der Waals surface area contributed by atoms with Crippen LogP contribution in [0.25, 0.3) is 0 Å². The fourth-order valence-corrected chi connectivity index (χ4v) is 7.71. The molecule has 1 aromatic rings. The molecule has 2 atom stereocenters. The van der Waals surface area contributed by atoms with Gasteiger partial charge in [0.05, 0.1) is 22.6 Å². The summed E-state index contributed by atoms with van der Waals surface area (Å²) in [5.41, 5.74) is 1.04. The first kappa shape index (κ1) is 13.8. The predicted octanol–water partition coefficient (Wildman–Crippen LogP) is 1.49. The summed E-state index contributed by atoms with van der Waals surface area (Å²) in [6, 6.07) is 0.0727. The van der Waals surface area contributed by atoms with Crippen molar-refractivity contribution in [3.05, 3.63) is 16.1 Å². The van der Waals surface area contributed by atoms with Crippen LogP contribution in [0.15, 0.2) is 5.38 Å². The van der Waals surface area contributed by atoms with Gasteiger partial charge in [0.25, 0.3) is 0 Å². The van der Waals surface area contributed by atoms with Gasteiger partial charge in [-0.25, -0.2) is 13.4 Å². The number of nitrogens with zero attached hydrogens (tertiary/aromatic N) is 2. The lowest BCUT2D eigenvalue weighted by Gasteiger charge is -2.23. The van der Waals surface area contributed by atoms with Crippen LogP contribution in [0.3, 0.4) is 0 Å². The average Bonchev–Trinajstić information content (AvgIpc) is 2.90. The molecule has 19 heavy (non-hydrogen) atoms. The van der Waals surface area contributed by atoms with Crippen LogP contribution in [0.1, 0.15) is 10.7 Å². The molecule has 0 amide bonds. The molecule has 4 nitrogen and oxygen atoms in total. The second-order valence-corrected chi connectivity index (χ2v) is 9.86. The second kappa shape index (κ2) is 4.98. The summed E-state index contributed by atoms with van der Waals surface area (Å²) < 4.78 is 24.2. The SMILES string of the molecule is Cc1csc(CCN2C(=S)S[C@H]3CS(=O)(=O)C[C@H]32)n1. The standard InChI is InChI=1S/C11H14N2O2S4/c1-7-4-17-10(12-7)2-3-13-8-5-19(14,15)6-9(8)18-11(13)16/h4,8-9H,2-3,5-6H2,1H3/t8-,9+/m1/s1. The lowest BCUT2D eigenvalue weighted by Crippen LogP contribution is -2.38. The van der Waals surface area contributed by atoms with Crippen molar-refractivity contribution in [2.75, 3.05) is 18.1 Å². The quantitative estimate of drug-likeness (QED) is 0.781. The molecule has 0 saturated carbocycles. The van der Waals surface area contributed by atoms with Crippen LogP contribution in [0.5, 0.6) is 0 Å². The van der Waals surface area contributed by atoms with E-state index in [9.17, 15) is 8.42 Å². The Morgan fingerprint density at radius 3 is 3.00 bits per heavy atom. The van der Waals surface area contributed by atoms with Crippen LogP contribution in [0, 0.1) is 6.92 Å². The summed E-state index contributed by atoms with van der Waals surface area (Å²) >= 11 is 8.57.